The number of nitrogens with zero attached hydrogens (tertiary/aromatic N) is 1. The lowest BCUT2D eigenvalue weighted by Gasteiger charge is -2.06. The van der Waals surface area contributed by atoms with E-state index in [1.165, 1.54) is 18.6 Å². The molecule has 0 saturated heterocycles. The number of aromatic nitrogens is 1. The molecule has 0 atom stereocenters. The topological polar surface area (TPSA) is 98.5 Å². The van der Waals surface area contributed by atoms with Gasteiger partial charge in [0.25, 0.3) is 0 Å². The summed E-state index contributed by atoms with van der Waals surface area (Å²) in [6.07, 6.45) is 1.14. The third-order valence-electron chi connectivity index (χ3n) is 2.86. The highest BCUT2D eigenvalue weighted by atomic mass is 32.2. The summed E-state index contributed by atoms with van der Waals surface area (Å²) in [7, 11) is -2.53. The van der Waals surface area contributed by atoms with E-state index in [1.807, 2.05) is 13.0 Å². The Labute approximate surface area is 132 Å². The molecule has 2 aromatic heterocycles. The molecule has 0 amide bonds. The first kappa shape index (κ1) is 16.7. The molecule has 0 fully saturated rings. The Balaban J connectivity index is 1.94. The molecule has 0 spiro atoms. The minimum absolute atomic E-state index is 0.0557. The maximum Gasteiger partial charge on any atom is 0.349 e. The highest BCUT2D eigenvalue weighted by Gasteiger charge is 2.24. The van der Waals surface area contributed by atoms with Crippen molar-refractivity contribution in [2.75, 3.05) is 13.7 Å². The van der Waals surface area contributed by atoms with Crippen LogP contribution in [0.2, 0.25) is 0 Å². The van der Waals surface area contributed by atoms with E-state index in [4.69, 9.17) is 4.52 Å². The lowest BCUT2D eigenvalue weighted by molar-refractivity contribution is 0.0602. The number of carbonyl (C=O) groups excluding carboxylic acids is 1. The first-order valence-corrected chi connectivity index (χ1v) is 8.88. The number of thiophene rings is 1. The van der Waals surface area contributed by atoms with Crippen molar-refractivity contribution in [3.05, 3.63) is 33.8 Å². The predicted molar refractivity (Wildman–Crippen MR) is 80.4 cm³/mol. The van der Waals surface area contributed by atoms with Crippen LogP contribution in [0.4, 0.5) is 0 Å². The zero-order valence-electron chi connectivity index (χ0n) is 12.2. The monoisotopic (exact) mass is 344 g/mol. The molecule has 22 heavy (non-hydrogen) atoms. The molecule has 2 rings (SSSR count). The van der Waals surface area contributed by atoms with Crippen LogP contribution in [-0.4, -0.2) is 33.2 Å². The van der Waals surface area contributed by atoms with Gasteiger partial charge in [0.2, 0.25) is 10.0 Å². The Morgan fingerprint density at radius 2 is 2.27 bits per heavy atom. The molecule has 0 radical (unpaired) electrons. The smallest absolute Gasteiger partial charge is 0.349 e. The van der Waals surface area contributed by atoms with Gasteiger partial charge in [0.1, 0.15) is 15.5 Å². The largest absolute Gasteiger partial charge is 0.465 e. The van der Waals surface area contributed by atoms with Gasteiger partial charge in [0.05, 0.1) is 12.8 Å². The molecule has 2 heterocycles. The maximum absolute atomic E-state index is 12.2. The zero-order chi connectivity index (χ0) is 16.2. The second kappa shape index (κ2) is 7.03. The fourth-order valence-corrected chi connectivity index (χ4v) is 4.24. The summed E-state index contributed by atoms with van der Waals surface area (Å²) in [5, 5.41) is 5.30. The van der Waals surface area contributed by atoms with Gasteiger partial charge in [0, 0.05) is 19.0 Å². The normalized spacial score (nSPS) is 11.5. The molecule has 2 aromatic rings. The first-order valence-electron chi connectivity index (χ1n) is 6.51. The van der Waals surface area contributed by atoms with E-state index in [0.29, 0.717) is 18.6 Å². The standard InChI is InChI=1S/C13H16N2O5S2/c1-9-8-10(20-15-9)4-3-6-14-22(17,18)11-5-7-21-12(11)13(16)19-2/h5,7-8,14H,3-4,6H2,1-2H3. The summed E-state index contributed by atoms with van der Waals surface area (Å²) in [6, 6.07) is 3.20. The summed E-state index contributed by atoms with van der Waals surface area (Å²) in [5.41, 5.74) is 0.788. The molecule has 9 heteroatoms. The second-order valence-corrected chi connectivity index (χ2v) is 7.19. The molecule has 0 unspecified atom stereocenters. The van der Waals surface area contributed by atoms with Crippen LogP contribution in [0.25, 0.3) is 0 Å². The van der Waals surface area contributed by atoms with Crippen molar-refractivity contribution in [2.45, 2.75) is 24.7 Å². The Morgan fingerprint density at radius 1 is 1.50 bits per heavy atom. The molecule has 0 bridgehead atoms. The van der Waals surface area contributed by atoms with Crippen LogP contribution in [-0.2, 0) is 21.2 Å². The molecule has 0 aliphatic heterocycles. The number of hydrogen-bond acceptors (Lipinski definition) is 7. The summed E-state index contributed by atoms with van der Waals surface area (Å²) in [6.45, 7) is 2.05. The summed E-state index contributed by atoms with van der Waals surface area (Å²) in [5.74, 6) is 0.0509. The highest BCUT2D eigenvalue weighted by molar-refractivity contribution is 7.89. The van der Waals surface area contributed by atoms with Gasteiger partial charge < -0.3 is 9.26 Å². The molecule has 7 nitrogen and oxygen atoms in total. The molecular formula is C13H16N2O5S2. The Bertz CT molecular complexity index is 748. The summed E-state index contributed by atoms with van der Waals surface area (Å²) < 4.78 is 36.5. The zero-order valence-corrected chi connectivity index (χ0v) is 13.8. The number of hydrogen-bond donors (Lipinski definition) is 1. The lowest BCUT2D eigenvalue weighted by Crippen LogP contribution is -2.26. The van der Waals surface area contributed by atoms with Crippen LogP contribution in [0.3, 0.4) is 0 Å². The first-order chi connectivity index (χ1) is 10.4. The Morgan fingerprint density at radius 3 is 2.91 bits per heavy atom. The third-order valence-corrected chi connectivity index (χ3v) is 5.39. The molecule has 1 N–H and O–H groups in total. The van der Waals surface area contributed by atoms with Gasteiger partial charge in [-0.2, -0.15) is 0 Å². The van der Waals surface area contributed by atoms with Crippen molar-refractivity contribution < 1.29 is 22.5 Å². The number of rotatable bonds is 7. The fraction of sp³-hybridized carbons (Fsp3) is 0.385. The van der Waals surface area contributed by atoms with E-state index in [-0.39, 0.29) is 16.3 Å². The van der Waals surface area contributed by atoms with E-state index >= 15 is 0 Å². The minimum Gasteiger partial charge on any atom is -0.465 e. The van der Waals surface area contributed by atoms with E-state index in [1.54, 1.807) is 0 Å². The van der Waals surface area contributed by atoms with Gasteiger partial charge >= 0.3 is 5.97 Å². The van der Waals surface area contributed by atoms with Crippen molar-refractivity contribution in [3.8, 4) is 0 Å². The number of aryl methyl sites for hydroxylation is 2. The predicted octanol–water partition coefficient (Wildman–Crippen LogP) is 1.74. The highest BCUT2D eigenvalue weighted by Crippen LogP contribution is 2.22. The van der Waals surface area contributed by atoms with Crippen LogP contribution < -0.4 is 4.72 Å². The van der Waals surface area contributed by atoms with Crippen molar-refractivity contribution in [1.29, 1.82) is 0 Å². The lowest BCUT2D eigenvalue weighted by atomic mass is 10.2. The second-order valence-electron chi connectivity index (χ2n) is 4.54. The summed E-state index contributed by atoms with van der Waals surface area (Å²) in [4.78, 5) is 11.6. The van der Waals surface area contributed by atoms with Crippen LogP contribution in [0.15, 0.2) is 26.9 Å². The number of methoxy groups -OCH3 is 1. The molecular weight excluding hydrogens is 328 g/mol. The number of ether oxygens (including phenoxy) is 1. The Kier molecular flexibility index (Phi) is 5.33. The van der Waals surface area contributed by atoms with Crippen molar-refractivity contribution in [2.24, 2.45) is 0 Å². The maximum atomic E-state index is 12.2. The van der Waals surface area contributed by atoms with Crippen molar-refractivity contribution >= 4 is 27.3 Å². The molecule has 0 aromatic carbocycles. The van der Waals surface area contributed by atoms with Crippen LogP contribution in [0.1, 0.15) is 27.5 Å². The average molecular weight is 344 g/mol. The molecule has 120 valence electrons. The van der Waals surface area contributed by atoms with Gasteiger partial charge in [-0.05, 0) is 24.8 Å². The van der Waals surface area contributed by atoms with Gasteiger partial charge in [-0.25, -0.2) is 17.9 Å². The van der Waals surface area contributed by atoms with Crippen LogP contribution in [0.5, 0.6) is 0 Å². The summed E-state index contributed by atoms with van der Waals surface area (Å²) >= 11 is 1.03. The number of carbonyl (C=O) groups is 1. The average Bonchev–Trinajstić information content (AvgIpc) is 3.12. The van der Waals surface area contributed by atoms with Crippen molar-refractivity contribution in [3.63, 3.8) is 0 Å². The molecule has 0 saturated carbocycles. The van der Waals surface area contributed by atoms with E-state index in [2.05, 4.69) is 14.6 Å². The van der Waals surface area contributed by atoms with Gasteiger partial charge in [-0.1, -0.05) is 5.16 Å². The van der Waals surface area contributed by atoms with Crippen LogP contribution in [0, 0.1) is 6.92 Å². The van der Waals surface area contributed by atoms with Gasteiger partial charge in [-0.15, -0.1) is 11.3 Å². The van der Waals surface area contributed by atoms with Crippen LogP contribution >= 0.6 is 11.3 Å². The number of sulfonamides is 1. The van der Waals surface area contributed by atoms with E-state index in [0.717, 1.165) is 17.0 Å². The Hall–Kier alpha value is -1.71. The fourth-order valence-electron chi connectivity index (χ4n) is 1.83. The number of esters is 1. The molecule has 0 aliphatic rings. The number of nitrogens with one attached hydrogen (secondary N) is 1. The van der Waals surface area contributed by atoms with Gasteiger partial charge in [-0.3, -0.25) is 0 Å². The minimum atomic E-state index is -3.74. The SMILES string of the molecule is COC(=O)c1sccc1S(=O)(=O)NCCCc1cc(C)no1. The molecule has 0 aliphatic carbocycles. The van der Waals surface area contributed by atoms with E-state index < -0.39 is 16.0 Å². The van der Waals surface area contributed by atoms with Crippen molar-refractivity contribution in [1.82, 2.24) is 9.88 Å². The van der Waals surface area contributed by atoms with Gasteiger partial charge in [0.15, 0.2) is 0 Å². The third kappa shape index (κ3) is 3.93. The van der Waals surface area contributed by atoms with E-state index in [9.17, 15) is 13.2 Å². The quantitative estimate of drug-likeness (QED) is 0.607.